The van der Waals surface area contributed by atoms with E-state index in [4.69, 9.17) is 18.9 Å². The smallest absolute Gasteiger partial charge is 0.340 e. The first-order valence-corrected chi connectivity index (χ1v) is 8.54. The molecule has 1 aromatic carbocycles. The second kappa shape index (κ2) is 7.99. The number of hydrogen-bond acceptors (Lipinski definition) is 7. The predicted molar refractivity (Wildman–Crippen MR) is 101 cm³/mol. The summed E-state index contributed by atoms with van der Waals surface area (Å²) < 4.78 is 22.4. The van der Waals surface area contributed by atoms with Crippen molar-refractivity contribution in [2.24, 2.45) is 0 Å². The van der Waals surface area contributed by atoms with E-state index in [0.29, 0.717) is 28.3 Å². The van der Waals surface area contributed by atoms with E-state index in [9.17, 15) is 9.59 Å². The Balaban J connectivity index is 2.16. The Bertz CT molecular complexity index is 1020. The van der Waals surface area contributed by atoms with Gasteiger partial charge in [-0.1, -0.05) is 0 Å². The van der Waals surface area contributed by atoms with Gasteiger partial charge in [-0.15, -0.1) is 0 Å². The Kier molecular flexibility index (Phi) is 5.49. The Morgan fingerprint density at radius 3 is 2.29 bits per heavy atom. The average Bonchev–Trinajstić information content (AvgIpc) is 3.12. The molecule has 0 saturated carbocycles. The molecule has 0 atom stereocenters. The van der Waals surface area contributed by atoms with Crippen molar-refractivity contribution in [2.45, 2.75) is 6.92 Å². The largest absolute Gasteiger partial charge is 0.493 e. The fraction of sp³-hybridized carbons (Fsp3) is 0.250. The topological polar surface area (TPSA) is 88.4 Å². The Morgan fingerprint density at radius 2 is 1.71 bits per heavy atom. The summed E-state index contributed by atoms with van der Waals surface area (Å²) in [6.45, 7) is 1.95. The molecule has 2 heterocycles. The van der Waals surface area contributed by atoms with Gasteiger partial charge in [-0.25, -0.2) is 9.31 Å². The summed E-state index contributed by atoms with van der Waals surface area (Å²) in [5.41, 5.74) is 1.27. The molecule has 0 aliphatic carbocycles. The molecule has 0 saturated heterocycles. The summed E-state index contributed by atoms with van der Waals surface area (Å²) in [5.74, 6) is 0.210. The second-order valence-corrected chi connectivity index (χ2v) is 5.73. The molecule has 3 aromatic rings. The van der Waals surface area contributed by atoms with Crippen molar-refractivity contribution in [3.05, 3.63) is 53.3 Å². The van der Waals surface area contributed by atoms with Crippen LogP contribution in [0.2, 0.25) is 0 Å². The Labute approximate surface area is 161 Å². The van der Waals surface area contributed by atoms with Gasteiger partial charge in [0.25, 0.3) is 0 Å². The average molecular weight is 384 g/mol. The molecule has 0 radical (unpaired) electrons. The van der Waals surface area contributed by atoms with Gasteiger partial charge in [0.05, 0.1) is 39.0 Å². The molecule has 3 rings (SSSR count). The normalized spacial score (nSPS) is 10.6. The number of fused-ring (bicyclic) bond motifs is 1. The van der Waals surface area contributed by atoms with Crippen molar-refractivity contribution in [2.75, 3.05) is 27.9 Å². The summed E-state index contributed by atoms with van der Waals surface area (Å²) in [7, 11) is 4.43. The first kappa shape index (κ1) is 19.2. The predicted octanol–water partition coefficient (Wildman–Crippen LogP) is 2.77. The molecule has 0 bridgehead atoms. The molecule has 2 aromatic heterocycles. The van der Waals surface area contributed by atoms with Crippen molar-refractivity contribution in [3.8, 4) is 17.2 Å². The van der Waals surface area contributed by atoms with Crippen LogP contribution in [0.4, 0.5) is 0 Å². The van der Waals surface area contributed by atoms with Crippen LogP contribution < -0.4 is 14.2 Å². The number of carbonyl (C=O) groups is 2. The number of carbonyl (C=O) groups excluding carboxylic acids is 2. The van der Waals surface area contributed by atoms with Crippen LogP contribution in [0.25, 0.3) is 5.52 Å². The first-order chi connectivity index (χ1) is 13.5. The highest BCUT2D eigenvalue weighted by atomic mass is 16.5. The number of nitrogens with zero attached hydrogens (tertiary/aromatic N) is 2. The van der Waals surface area contributed by atoms with Gasteiger partial charge in [-0.3, -0.25) is 4.79 Å². The summed E-state index contributed by atoms with van der Waals surface area (Å²) in [6.07, 6.45) is 1.54. The third-order valence-corrected chi connectivity index (χ3v) is 4.19. The fourth-order valence-electron chi connectivity index (χ4n) is 2.93. The lowest BCUT2D eigenvalue weighted by atomic mass is 10.1. The molecule has 0 unspecified atom stereocenters. The van der Waals surface area contributed by atoms with Crippen LogP contribution in [0, 0.1) is 0 Å². The van der Waals surface area contributed by atoms with E-state index in [1.807, 2.05) is 0 Å². The number of esters is 1. The number of aromatic nitrogens is 2. The van der Waals surface area contributed by atoms with Crippen molar-refractivity contribution in [3.63, 3.8) is 0 Å². The van der Waals surface area contributed by atoms with E-state index in [0.717, 1.165) is 0 Å². The van der Waals surface area contributed by atoms with Crippen molar-refractivity contribution >= 4 is 17.3 Å². The molecule has 0 aliphatic heterocycles. The van der Waals surface area contributed by atoms with Gasteiger partial charge < -0.3 is 18.9 Å². The van der Waals surface area contributed by atoms with Gasteiger partial charge >= 0.3 is 5.97 Å². The fourth-order valence-corrected chi connectivity index (χ4v) is 2.93. The summed E-state index contributed by atoms with van der Waals surface area (Å²) in [5, 5.41) is 4.21. The Hall–Kier alpha value is -3.55. The third-order valence-electron chi connectivity index (χ3n) is 4.19. The van der Waals surface area contributed by atoms with Crippen LogP contribution in [0.5, 0.6) is 17.2 Å². The minimum absolute atomic E-state index is 0.216. The van der Waals surface area contributed by atoms with Gasteiger partial charge in [0.15, 0.2) is 11.5 Å². The first-order valence-electron chi connectivity index (χ1n) is 8.54. The van der Waals surface area contributed by atoms with Crippen LogP contribution in [0.15, 0.2) is 36.5 Å². The van der Waals surface area contributed by atoms with Crippen molar-refractivity contribution < 1.29 is 28.5 Å². The van der Waals surface area contributed by atoms with Crippen LogP contribution >= 0.6 is 0 Å². The minimum Gasteiger partial charge on any atom is -0.493 e. The molecule has 0 fully saturated rings. The molecule has 146 valence electrons. The number of methoxy groups -OCH3 is 3. The van der Waals surface area contributed by atoms with Crippen molar-refractivity contribution in [1.82, 2.24) is 9.61 Å². The standard InChI is InChI=1S/C20H20N2O6/c1-5-28-20(24)13-11-15(22-14(13)7-6-8-21-22)18(23)12-9-16(25-2)19(27-4)17(10-12)26-3/h6-11H,5H2,1-4H3. The number of ether oxygens (including phenoxy) is 4. The highest BCUT2D eigenvalue weighted by Gasteiger charge is 2.24. The SMILES string of the molecule is CCOC(=O)c1cc(C(=O)c2cc(OC)c(OC)c(OC)c2)n2ncccc12. The third kappa shape index (κ3) is 3.24. The number of rotatable bonds is 7. The minimum atomic E-state index is -0.517. The zero-order valence-corrected chi connectivity index (χ0v) is 16.0. The molecule has 8 nitrogen and oxygen atoms in total. The van der Waals surface area contributed by atoms with Crippen LogP contribution in [-0.2, 0) is 4.74 Å². The molecule has 0 spiro atoms. The highest BCUT2D eigenvalue weighted by Crippen LogP contribution is 2.38. The maximum atomic E-state index is 13.2. The summed E-state index contributed by atoms with van der Waals surface area (Å²) >= 11 is 0. The van der Waals surface area contributed by atoms with E-state index in [1.54, 1.807) is 31.2 Å². The van der Waals surface area contributed by atoms with Crippen LogP contribution in [0.1, 0.15) is 33.3 Å². The lowest BCUT2D eigenvalue weighted by Crippen LogP contribution is -2.08. The zero-order valence-electron chi connectivity index (χ0n) is 16.0. The Morgan fingerprint density at radius 1 is 1.04 bits per heavy atom. The van der Waals surface area contributed by atoms with Gasteiger partial charge in [0.2, 0.25) is 11.5 Å². The molecular formula is C20H20N2O6. The molecule has 0 aliphatic rings. The summed E-state index contributed by atoms with van der Waals surface area (Å²) in [4.78, 5) is 25.5. The summed E-state index contributed by atoms with van der Waals surface area (Å²) in [6, 6.07) is 7.97. The van der Waals surface area contributed by atoms with E-state index >= 15 is 0 Å². The van der Waals surface area contributed by atoms with Crippen LogP contribution in [-0.4, -0.2) is 49.3 Å². The maximum absolute atomic E-state index is 13.2. The second-order valence-electron chi connectivity index (χ2n) is 5.73. The zero-order chi connectivity index (χ0) is 20.3. The maximum Gasteiger partial charge on any atom is 0.340 e. The number of ketones is 1. The number of hydrogen-bond donors (Lipinski definition) is 0. The molecule has 28 heavy (non-hydrogen) atoms. The van der Waals surface area contributed by atoms with Crippen molar-refractivity contribution in [1.29, 1.82) is 0 Å². The van der Waals surface area contributed by atoms with E-state index < -0.39 is 5.97 Å². The van der Waals surface area contributed by atoms with Gasteiger partial charge in [-0.05, 0) is 37.3 Å². The lowest BCUT2D eigenvalue weighted by Gasteiger charge is -2.13. The lowest BCUT2D eigenvalue weighted by molar-refractivity contribution is 0.0528. The molecular weight excluding hydrogens is 364 g/mol. The van der Waals surface area contributed by atoms with Gasteiger partial charge in [0, 0.05) is 11.8 Å². The van der Waals surface area contributed by atoms with Gasteiger partial charge in [0.1, 0.15) is 5.69 Å². The molecule has 0 amide bonds. The number of benzene rings is 1. The molecule has 8 heteroatoms. The van der Waals surface area contributed by atoms with Gasteiger partial charge in [-0.2, -0.15) is 5.10 Å². The highest BCUT2D eigenvalue weighted by molar-refractivity contribution is 6.11. The van der Waals surface area contributed by atoms with E-state index in [-0.39, 0.29) is 23.6 Å². The van der Waals surface area contributed by atoms with E-state index in [2.05, 4.69) is 5.10 Å². The van der Waals surface area contributed by atoms with E-state index in [1.165, 1.54) is 38.1 Å². The van der Waals surface area contributed by atoms with Crippen LogP contribution in [0.3, 0.4) is 0 Å². The molecule has 0 N–H and O–H groups in total. The quantitative estimate of drug-likeness (QED) is 0.457. The monoisotopic (exact) mass is 384 g/mol.